The summed E-state index contributed by atoms with van der Waals surface area (Å²) < 4.78 is 28.3. The van der Waals surface area contributed by atoms with Gasteiger partial charge in [-0.1, -0.05) is 6.07 Å². The van der Waals surface area contributed by atoms with Gasteiger partial charge in [0.2, 0.25) is 12.0 Å². The largest absolute Gasteiger partial charge is 0.504 e. The number of methoxy groups -OCH3 is 2. The number of esters is 1. The zero-order valence-electron chi connectivity index (χ0n) is 26.3. The molecule has 14 nitrogen and oxygen atoms in total. The van der Waals surface area contributed by atoms with Crippen LogP contribution in [0, 0.1) is 0 Å². The molecule has 258 valence electrons. The summed E-state index contributed by atoms with van der Waals surface area (Å²) in [5.74, 6) is -2.96. The Morgan fingerprint density at radius 3 is 2.17 bits per heavy atom. The van der Waals surface area contributed by atoms with Gasteiger partial charge in [0.25, 0.3) is 0 Å². The summed E-state index contributed by atoms with van der Waals surface area (Å²) in [5.41, 5.74) is 1.93. The topological polar surface area (TPSA) is 222 Å². The summed E-state index contributed by atoms with van der Waals surface area (Å²) in [6.07, 6.45) is -5.36. The molecule has 48 heavy (non-hydrogen) atoms. The van der Waals surface area contributed by atoms with Gasteiger partial charge in [0.05, 0.1) is 19.8 Å². The van der Waals surface area contributed by atoms with Crippen molar-refractivity contribution < 1.29 is 69.0 Å². The molecule has 7 N–H and O–H groups in total. The van der Waals surface area contributed by atoms with Gasteiger partial charge in [0.15, 0.2) is 28.7 Å². The molecule has 4 bridgehead atoms. The molecule has 1 aliphatic heterocycles. The smallest absolute Gasteiger partial charge is 0.338 e. The van der Waals surface area contributed by atoms with Gasteiger partial charge in [-0.15, -0.1) is 0 Å². The van der Waals surface area contributed by atoms with Gasteiger partial charge >= 0.3 is 5.97 Å². The van der Waals surface area contributed by atoms with Crippen LogP contribution in [0.4, 0.5) is 0 Å². The SMILES string of the molecule is COc1c2cc(c(O)c1OC)CCCCC(=O)CCc1ccc(O[C@@H]3O[C@H](COC(=O)c4cc(O)c(O)c(O)c4)[C@@H](O)[C@H](O)[C@H]3O)c-2c1. The molecule has 0 amide bonds. The first-order chi connectivity index (χ1) is 22.9. The quantitative estimate of drug-likeness (QED) is 0.142. The Balaban J connectivity index is 1.47. The number of carbonyl (C=O) groups is 2. The van der Waals surface area contributed by atoms with Gasteiger partial charge in [-0.25, -0.2) is 4.79 Å². The number of phenolic OH excluding ortho intramolecular Hbond substituents is 4. The minimum atomic E-state index is -1.79. The van der Waals surface area contributed by atoms with Gasteiger partial charge in [-0.3, -0.25) is 4.79 Å². The highest BCUT2D eigenvalue weighted by Gasteiger charge is 2.46. The number of ketones is 1. The van der Waals surface area contributed by atoms with Crippen LogP contribution < -0.4 is 14.2 Å². The molecule has 1 aliphatic carbocycles. The second-order valence-electron chi connectivity index (χ2n) is 11.7. The van der Waals surface area contributed by atoms with Crippen molar-refractivity contribution >= 4 is 11.8 Å². The van der Waals surface area contributed by atoms with Gasteiger partial charge in [0.1, 0.15) is 42.6 Å². The van der Waals surface area contributed by atoms with Gasteiger partial charge < -0.3 is 59.4 Å². The third-order valence-corrected chi connectivity index (χ3v) is 8.47. The van der Waals surface area contributed by atoms with Gasteiger partial charge in [0, 0.05) is 24.0 Å². The number of aliphatic hydroxyl groups is 3. The van der Waals surface area contributed by atoms with Crippen LogP contribution in [-0.2, 0) is 27.1 Å². The van der Waals surface area contributed by atoms with E-state index in [1.807, 2.05) is 0 Å². The molecule has 1 heterocycles. The summed E-state index contributed by atoms with van der Waals surface area (Å²) in [5, 5.41) is 72.2. The minimum Gasteiger partial charge on any atom is -0.504 e. The standard InChI is InChI=1S/C34H38O14/c1-44-31-21-12-17(26(38)32(31)45-2)5-3-4-6-19(35)9-7-16-8-10-24(20(21)11-16)47-34-30(42)29(41)28(40)25(48-34)15-46-33(43)18-13-22(36)27(39)23(37)14-18/h8,10-14,25,28-30,34,36-42H,3-7,9,15H2,1-2H3/t25-,28-,29+,30-,34-/m1/s1. The fourth-order valence-corrected chi connectivity index (χ4v) is 5.80. The van der Waals surface area contributed by atoms with Crippen molar-refractivity contribution in [1.29, 1.82) is 0 Å². The van der Waals surface area contributed by atoms with Gasteiger partial charge in [-0.2, -0.15) is 0 Å². The second-order valence-corrected chi connectivity index (χ2v) is 11.7. The molecule has 3 aromatic carbocycles. The summed E-state index contributed by atoms with van der Waals surface area (Å²) in [6, 6.07) is 8.58. The van der Waals surface area contributed by atoms with Crippen LogP contribution >= 0.6 is 0 Å². The number of rotatable bonds is 7. The van der Waals surface area contributed by atoms with E-state index in [9.17, 15) is 45.3 Å². The Bertz CT molecular complexity index is 1650. The molecule has 0 unspecified atom stereocenters. The molecular formula is C34H38O14. The highest BCUT2D eigenvalue weighted by atomic mass is 16.7. The monoisotopic (exact) mass is 670 g/mol. The summed E-state index contributed by atoms with van der Waals surface area (Å²) in [7, 11) is 2.81. The molecule has 1 fully saturated rings. The van der Waals surface area contributed by atoms with Crippen molar-refractivity contribution in [1.82, 2.24) is 0 Å². The predicted molar refractivity (Wildman–Crippen MR) is 167 cm³/mol. The number of hydrogen-bond acceptors (Lipinski definition) is 14. The minimum absolute atomic E-state index is 0.0944. The van der Waals surface area contributed by atoms with Crippen molar-refractivity contribution in [2.24, 2.45) is 0 Å². The number of fused-ring (bicyclic) bond motifs is 5. The number of hydrogen-bond donors (Lipinski definition) is 7. The highest BCUT2D eigenvalue weighted by molar-refractivity contribution is 5.91. The van der Waals surface area contributed by atoms with Crippen molar-refractivity contribution in [3.63, 3.8) is 0 Å². The van der Waals surface area contributed by atoms with E-state index in [0.29, 0.717) is 55.2 Å². The third kappa shape index (κ3) is 7.06. The van der Waals surface area contributed by atoms with Crippen molar-refractivity contribution in [2.45, 2.75) is 69.2 Å². The molecule has 1 saturated heterocycles. The Hall–Kier alpha value is -4.76. The summed E-state index contributed by atoms with van der Waals surface area (Å²) in [4.78, 5) is 25.1. The molecule has 0 spiro atoms. The number of aryl methyl sites for hydroxylation is 2. The average Bonchev–Trinajstić information content (AvgIpc) is 3.08. The van der Waals surface area contributed by atoms with E-state index in [2.05, 4.69) is 0 Å². The van der Waals surface area contributed by atoms with Crippen LogP contribution in [0.15, 0.2) is 36.4 Å². The van der Waals surface area contributed by atoms with E-state index in [4.69, 9.17) is 23.7 Å². The van der Waals surface area contributed by atoms with Crippen LogP contribution in [0.25, 0.3) is 11.1 Å². The number of ether oxygens (including phenoxy) is 5. The number of Topliss-reactive ketones (excluding diaryl/α,β-unsaturated/α-hetero) is 1. The number of aromatic hydroxyl groups is 4. The Labute approximate surface area is 275 Å². The maximum absolute atomic E-state index is 12.6. The lowest BCUT2D eigenvalue weighted by Gasteiger charge is -2.40. The van der Waals surface area contributed by atoms with Crippen LogP contribution in [-0.4, -0.2) is 99.0 Å². The lowest BCUT2D eigenvalue weighted by molar-refractivity contribution is -0.277. The molecule has 5 atom stereocenters. The Kier molecular flexibility index (Phi) is 10.5. The maximum atomic E-state index is 12.6. The summed E-state index contributed by atoms with van der Waals surface area (Å²) in [6.45, 7) is -0.641. The first kappa shape index (κ1) is 34.6. The average molecular weight is 671 g/mol. The lowest BCUT2D eigenvalue weighted by Crippen LogP contribution is -2.60. The fourth-order valence-electron chi connectivity index (χ4n) is 5.80. The molecule has 0 radical (unpaired) electrons. The van der Waals surface area contributed by atoms with Gasteiger partial charge in [-0.05, 0) is 67.1 Å². The van der Waals surface area contributed by atoms with Crippen LogP contribution in [0.3, 0.4) is 0 Å². The van der Waals surface area contributed by atoms with E-state index in [0.717, 1.165) is 17.7 Å². The number of phenols is 4. The second kappa shape index (κ2) is 14.6. The zero-order valence-corrected chi connectivity index (χ0v) is 26.3. The Morgan fingerprint density at radius 1 is 0.792 bits per heavy atom. The van der Waals surface area contributed by atoms with E-state index in [1.54, 1.807) is 24.3 Å². The Morgan fingerprint density at radius 2 is 1.48 bits per heavy atom. The first-order valence-electron chi connectivity index (χ1n) is 15.3. The lowest BCUT2D eigenvalue weighted by atomic mass is 9.95. The van der Waals surface area contributed by atoms with Crippen LogP contribution in [0.5, 0.6) is 40.2 Å². The van der Waals surface area contributed by atoms with E-state index in [-0.39, 0.29) is 34.3 Å². The maximum Gasteiger partial charge on any atom is 0.338 e. The van der Waals surface area contributed by atoms with Crippen LogP contribution in [0.1, 0.15) is 47.2 Å². The normalized spacial score (nSPS) is 22.9. The zero-order chi connectivity index (χ0) is 34.7. The molecule has 3 aromatic rings. The van der Waals surface area contributed by atoms with E-state index >= 15 is 0 Å². The van der Waals surface area contributed by atoms with Crippen molar-refractivity contribution in [3.05, 3.63) is 53.1 Å². The number of carbonyl (C=O) groups excluding carboxylic acids is 2. The molecular weight excluding hydrogens is 632 g/mol. The predicted octanol–water partition coefficient (Wildman–Crippen LogP) is 2.46. The van der Waals surface area contributed by atoms with Crippen molar-refractivity contribution in [3.8, 4) is 51.4 Å². The molecule has 5 rings (SSSR count). The van der Waals surface area contributed by atoms with E-state index in [1.165, 1.54) is 14.2 Å². The number of benzene rings is 3. The first-order valence-corrected chi connectivity index (χ1v) is 15.3. The summed E-state index contributed by atoms with van der Waals surface area (Å²) >= 11 is 0. The van der Waals surface area contributed by atoms with Crippen molar-refractivity contribution in [2.75, 3.05) is 20.8 Å². The number of aliphatic hydroxyl groups excluding tert-OH is 3. The third-order valence-electron chi connectivity index (χ3n) is 8.47. The highest BCUT2D eigenvalue weighted by Crippen LogP contribution is 2.49. The molecule has 2 aliphatic rings. The fraction of sp³-hybridized carbons (Fsp3) is 0.412. The molecule has 14 heteroatoms. The molecule has 0 saturated carbocycles. The van der Waals surface area contributed by atoms with Crippen LogP contribution in [0.2, 0.25) is 0 Å². The van der Waals surface area contributed by atoms with E-state index < -0.39 is 60.5 Å². The molecule has 0 aromatic heterocycles.